The highest BCUT2D eigenvalue weighted by atomic mass is 35.6. The van der Waals surface area contributed by atoms with Crippen LogP contribution in [0.25, 0.3) is 0 Å². The molecule has 5 N–H and O–H groups in total. The molecule has 0 unspecified atom stereocenters. The van der Waals surface area contributed by atoms with E-state index in [9.17, 15) is 4.79 Å². The molecule has 0 rings (SSSR count). The lowest BCUT2D eigenvalue weighted by Crippen LogP contribution is -2.34. The topological polar surface area (TPSA) is 110 Å². The summed E-state index contributed by atoms with van der Waals surface area (Å²) in [4.78, 5) is 19.0. The molecule has 0 aromatic carbocycles. The number of nitrogens with two attached hydrogens (primary N) is 2. The summed E-state index contributed by atoms with van der Waals surface area (Å²) >= 11 is 19.9. The standard InChI is InChI=1S/C2HCl4NO2.CH4N2O.ClH/c3-2(4,1(8)9)7(5)6;2-1(3)4;/h(H,8,9);(H4,2,3,4);1H. The zero-order chi connectivity index (χ0) is 11.2. The minimum Gasteiger partial charge on any atom is -0.478 e. The third kappa shape index (κ3) is 10.2. The molecule has 0 aliphatic rings. The molecule has 6 nitrogen and oxygen atoms in total. The molecule has 86 valence electrons. The Morgan fingerprint density at radius 2 is 1.43 bits per heavy atom. The molecular weight excluding hydrogens is 303 g/mol. The third-order valence-electron chi connectivity index (χ3n) is 0.470. The van der Waals surface area contributed by atoms with E-state index >= 15 is 0 Å². The average molecular weight is 309 g/mol. The van der Waals surface area contributed by atoms with E-state index in [2.05, 4.69) is 11.5 Å². The van der Waals surface area contributed by atoms with Gasteiger partial charge >= 0.3 is 12.0 Å². The van der Waals surface area contributed by atoms with Crippen LogP contribution in [-0.2, 0) is 4.79 Å². The van der Waals surface area contributed by atoms with E-state index < -0.39 is 16.5 Å². The van der Waals surface area contributed by atoms with Crippen molar-refractivity contribution in [3.63, 3.8) is 0 Å². The van der Waals surface area contributed by atoms with Crippen LogP contribution in [0, 0.1) is 0 Å². The van der Waals surface area contributed by atoms with Crippen molar-refractivity contribution in [2.24, 2.45) is 11.5 Å². The first-order valence-corrected chi connectivity index (χ1v) is 3.83. The molecule has 0 bridgehead atoms. The first-order chi connectivity index (χ1) is 5.62. The zero-order valence-corrected chi connectivity index (χ0v) is 10.1. The van der Waals surface area contributed by atoms with E-state index in [1.54, 1.807) is 0 Å². The maximum Gasteiger partial charge on any atom is 0.358 e. The summed E-state index contributed by atoms with van der Waals surface area (Å²) in [6.07, 6.45) is 0. The Hall–Kier alpha value is 0.150. The van der Waals surface area contributed by atoms with Gasteiger partial charge in [-0.3, -0.25) is 0 Å². The number of alkyl halides is 2. The van der Waals surface area contributed by atoms with Crippen LogP contribution in [0.4, 0.5) is 4.79 Å². The molecule has 0 aromatic rings. The number of nitrogens with zero attached hydrogens (tertiary/aromatic N) is 1. The summed E-state index contributed by atoms with van der Waals surface area (Å²) in [6.45, 7) is 0. The minimum absolute atomic E-state index is 0. The molecule has 0 fully saturated rings. The molecular formula is C3H6Cl5N3O3. The van der Waals surface area contributed by atoms with Crippen LogP contribution in [0.5, 0.6) is 0 Å². The van der Waals surface area contributed by atoms with Crippen LogP contribution in [0.1, 0.15) is 0 Å². The number of primary amides is 2. The van der Waals surface area contributed by atoms with Gasteiger partial charge in [-0.15, -0.1) is 12.4 Å². The van der Waals surface area contributed by atoms with Crippen LogP contribution in [0.3, 0.4) is 0 Å². The lowest BCUT2D eigenvalue weighted by atomic mass is 10.7. The lowest BCUT2D eigenvalue weighted by Gasteiger charge is -2.15. The summed E-state index contributed by atoms with van der Waals surface area (Å²) in [5.41, 5.74) is 8.50. The number of urea groups is 1. The summed E-state index contributed by atoms with van der Waals surface area (Å²) in [6, 6.07) is -0.833. The van der Waals surface area contributed by atoms with Crippen molar-refractivity contribution < 1.29 is 14.7 Å². The van der Waals surface area contributed by atoms with Crippen LogP contribution in [0.2, 0.25) is 0 Å². The van der Waals surface area contributed by atoms with E-state index in [-0.39, 0.29) is 16.3 Å². The fourth-order valence-corrected chi connectivity index (χ4v) is 0.217. The quantitative estimate of drug-likeness (QED) is 0.405. The maximum atomic E-state index is 9.99. The number of carboxylic acid groups (broad SMARTS) is 1. The molecule has 0 atom stereocenters. The van der Waals surface area contributed by atoms with Crippen molar-refractivity contribution in [1.29, 1.82) is 0 Å². The van der Waals surface area contributed by atoms with Gasteiger partial charge in [0.15, 0.2) is 0 Å². The Balaban J connectivity index is -0.000000209. The van der Waals surface area contributed by atoms with Crippen molar-refractivity contribution in [3.8, 4) is 0 Å². The van der Waals surface area contributed by atoms with E-state index in [0.717, 1.165) is 0 Å². The average Bonchev–Trinajstić information content (AvgIpc) is 1.85. The largest absolute Gasteiger partial charge is 0.478 e. The number of carbonyl (C=O) groups excluding carboxylic acids is 1. The fourth-order valence-electron chi connectivity index (χ4n) is 0.0723. The number of carboxylic acids is 1. The van der Waals surface area contributed by atoms with Crippen molar-refractivity contribution in [2.75, 3.05) is 0 Å². The third-order valence-corrected chi connectivity index (χ3v) is 1.98. The molecule has 0 aromatic heterocycles. The molecule has 0 aliphatic heterocycles. The predicted molar refractivity (Wildman–Crippen MR) is 56.6 cm³/mol. The molecule has 0 radical (unpaired) electrons. The van der Waals surface area contributed by atoms with Gasteiger partial charge in [0, 0.05) is 0 Å². The molecule has 0 saturated heterocycles. The highest BCUT2D eigenvalue weighted by Crippen LogP contribution is 2.29. The molecule has 14 heavy (non-hydrogen) atoms. The van der Waals surface area contributed by atoms with Gasteiger partial charge < -0.3 is 16.6 Å². The molecule has 0 spiro atoms. The lowest BCUT2D eigenvalue weighted by molar-refractivity contribution is -0.139. The number of carbonyl (C=O) groups is 2. The molecule has 0 heterocycles. The second kappa shape index (κ2) is 8.46. The Labute approximate surface area is 106 Å². The van der Waals surface area contributed by atoms with Gasteiger partial charge in [0.2, 0.25) is 0 Å². The van der Waals surface area contributed by atoms with E-state index in [1.165, 1.54) is 0 Å². The number of halogens is 5. The van der Waals surface area contributed by atoms with E-state index in [0.29, 0.717) is 0 Å². The number of rotatable bonds is 2. The Kier molecular flexibility index (Phi) is 11.9. The van der Waals surface area contributed by atoms with Crippen molar-refractivity contribution >= 4 is 71.2 Å². The highest BCUT2D eigenvalue weighted by Gasteiger charge is 2.39. The van der Waals surface area contributed by atoms with Gasteiger partial charge in [0.25, 0.3) is 4.46 Å². The molecule has 0 saturated carbocycles. The van der Waals surface area contributed by atoms with Gasteiger partial charge in [0.05, 0.1) is 0 Å². The number of hydrogen-bond acceptors (Lipinski definition) is 3. The van der Waals surface area contributed by atoms with Gasteiger partial charge in [-0.25, -0.2) is 9.59 Å². The summed E-state index contributed by atoms with van der Waals surface area (Å²) < 4.78 is -2.14. The smallest absolute Gasteiger partial charge is 0.358 e. The second-order valence-corrected chi connectivity index (χ2v) is 3.62. The molecule has 0 aliphatic carbocycles. The monoisotopic (exact) mass is 307 g/mol. The number of hydrogen-bond donors (Lipinski definition) is 3. The molecule has 2 amide bonds. The fraction of sp³-hybridized carbons (Fsp3) is 0.333. The van der Waals surface area contributed by atoms with Crippen LogP contribution in [0.15, 0.2) is 0 Å². The van der Waals surface area contributed by atoms with Crippen molar-refractivity contribution in [3.05, 3.63) is 0 Å². The van der Waals surface area contributed by atoms with E-state index in [4.69, 9.17) is 56.7 Å². The van der Waals surface area contributed by atoms with Crippen LogP contribution in [-0.4, -0.2) is 25.5 Å². The molecule has 11 heteroatoms. The predicted octanol–water partition coefficient (Wildman–Crippen LogP) is 1.26. The second-order valence-electron chi connectivity index (χ2n) is 1.48. The highest BCUT2D eigenvalue weighted by molar-refractivity contribution is 6.61. The van der Waals surface area contributed by atoms with Gasteiger partial charge in [-0.1, -0.05) is 27.1 Å². The van der Waals surface area contributed by atoms with Gasteiger partial charge in [0.1, 0.15) is 0 Å². The first-order valence-electron chi connectivity index (χ1n) is 2.40. The van der Waals surface area contributed by atoms with Crippen molar-refractivity contribution in [2.45, 2.75) is 4.46 Å². The van der Waals surface area contributed by atoms with Crippen LogP contribution < -0.4 is 11.5 Å². The number of amides is 2. The van der Waals surface area contributed by atoms with Crippen molar-refractivity contribution in [1.82, 2.24) is 3.94 Å². The summed E-state index contributed by atoms with van der Waals surface area (Å²) in [7, 11) is 0. The summed E-state index contributed by atoms with van der Waals surface area (Å²) in [5, 5.41) is 8.14. The first kappa shape index (κ1) is 19.7. The minimum atomic E-state index is -2.27. The summed E-state index contributed by atoms with van der Waals surface area (Å²) in [5.74, 6) is -1.53. The van der Waals surface area contributed by atoms with Crippen LogP contribution >= 0.6 is 59.2 Å². The normalized spacial score (nSPS) is 9.50. The van der Waals surface area contributed by atoms with Gasteiger partial charge in [-0.2, -0.15) is 0 Å². The Morgan fingerprint density at radius 1 is 1.21 bits per heavy atom. The Morgan fingerprint density at radius 3 is 1.43 bits per heavy atom. The van der Waals surface area contributed by atoms with E-state index in [1.807, 2.05) is 0 Å². The number of aliphatic carboxylic acids is 1. The maximum absolute atomic E-state index is 9.99. The Bertz CT molecular complexity index is 194. The SMILES string of the molecule is Cl.NC(N)=O.O=C(O)C(Cl)(Cl)N(Cl)Cl. The van der Waals surface area contributed by atoms with Gasteiger partial charge in [-0.05, 0) is 23.6 Å². The zero-order valence-electron chi connectivity index (χ0n) is 6.29.